The Bertz CT molecular complexity index is 702. The highest BCUT2D eigenvalue weighted by atomic mass is 19.1. The van der Waals surface area contributed by atoms with Crippen molar-refractivity contribution in [2.24, 2.45) is 5.16 Å². The monoisotopic (exact) mass is 318 g/mol. The Labute approximate surface area is 132 Å². The predicted octanol–water partition coefficient (Wildman–Crippen LogP) is 2.66. The zero-order valence-electron chi connectivity index (χ0n) is 12.3. The van der Waals surface area contributed by atoms with E-state index >= 15 is 0 Å². The van der Waals surface area contributed by atoms with Gasteiger partial charge in [-0.2, -0.15) is 0 Å². The number of benzene rings is 2. The fraction of sp³-hybridized carbons (Fsp3) is 0.125. The Morgan fingerprint density at radius 1 is 1.26 bits per heavy atom. The van der Waals surface area contributed by atoms with E-state index in [0.29, 0.717) is 22.7 Å². The molecule has 0 aliphatic rings. The summed E-state index contributed by atoms with van der Waals surface area (Å²) < 4.78 is 23.3. The van der Waals surface area contributed by atoms with Crippen molar-refractivity contribution in [1.29, 1.82) is 0 Å². The maximum absolute atomic E-state index is 12.8. The third-order valence-corrected chi connectivity index (χ3v) is 2.88. The summed E-state index contributed by atoms with van der Waals surface area (Å²) >= 11 is 0. The Hall–Kier alpha value is -3.09. The molecule has 2 N–H and O–H groups in total. The summed E-state index contributed by atoms with van der Waals surface area (Å²) in [5, 5.41) is 14.0. The first-order valence-electron chi connectivity index (χ1n) is 6.66. The second kappa shape index (κ2) is 7.79. The van der Waals surface area contributed by atoms with E-state index in [-0.39, 0.29) is 18.3 Å². The molecule has 0 spiro atoms. The molecule has 0 aliphatic heterocycles. The minimum absolute atomic E-state index is 0.235. The zero-order valence-corrected chi connectivity index (χ0v) is 12.3. The van der Waals surface area contributed by atoms with Crippen molar-refractivity contribution in [3.8, 4) is 11.5 Å². The fourth-order valence-corrected chi connectivity index (χ4v) is 1.82. The van der Waals surface area contributed by atoms with Gasteiger partial charge in [0.05, 0.1) is 13.3 Å². The Morgan fingerprint density at radius 2 is 2.00 bits per heavy atom. The van der Waals surface area contributed by atoms with Crippen LogP contribution in [0.25, 0.3) is 0 Å². The van der Waals surface area contributed by atoms with Gasteiger partial charge in [-0.3, -0.25) is 4.79 Å². The van der Waals surface area contributed by atoms with Crippen LogP contribution in [0.3, 0.4) is 0 Å². The topological polar surface area (TPSA) is 80.2 Å². The van der Waals surface area contributed by atoms with Crippen LogP contribution in [0.15, 0.2) is 47.6 Å². The van der Waals surface area contributed by atoms with Crippen LogP contribution in [0.1, 0.15) is 5.56 Å². The first-order chi connectivity index (χ1) is 11.1. The van der Waals surface area contributed by atoms with Gasteiger partial charge in [0.1, 0.15) is 5.82 Å². The molecule has 0 bridgehead atoms. The number of anilines is 1. The summed E-state index contributed by atoms with van der Waals surface area (Å²) in [6, 6.07) is 10.3. The molecule has 0 aromatic heterocycles. The van der Waals surface area contributed by atoms with E-state index in [4.69, 9.17) is 14.7 Å². The van der Waals surface area contributed by atoms with E-state index in [1.165, 1.54) is 37.6 Å². The number of methoxy groups -OCH3 is 1. The second-order valence-corrected chi connectivity index (χ2v) is 4.50. The molecular formula is C16H15FN2O4. The number of rotatable bonds is 6. The molecule has 0 saturated heterocycles. The molecule has 120 valence electrons. The molecule has 0 heterocycles. The van der Waals surface area contributed by atoms with Crippen LogP contribution in [-0.2, 0) is 4.79 Å². The molecule has 7 heteroatoms. The van der Waals surface area contributed by atoms with Crippen LogP contribution in [0, 0.1) is 5.82 Å². The number of carbonyl (C=O) groups is 1. The van der Waals surface area contributed by atoms with Crippen LogP contribution < -0.4 is 14.8 Å². The van der Waals surface area contributed by atoms with Crippen LogP contribution in [-0.4, -0.2) is 31.0 Å². The number of oxime groups is 1. The lowest BCUT2D eigenvalue weighted by Crippen LogP contribution is -2.20. The van der Waals surface area contributed by atoms with Crippen LogP contribution in [0.4, 0.5) is 10.1 Å². The molecule has 2 rings (SSSR count). The molecule has 2 aromatic rings. The molecule has 0 aliphatic carbocycles. The molecule has 0 radical (unpaired) electrons. The lowest BCUT2D eigenvalue weighted by molar-refractivity contribution is -0.118. The molecule has 0 unspecified atom stereocenters. The van der Waals surface area contributed by atoms with E-state index in [1.54, 1.807) is 18.2 Å². The summed E-state index contributed by atoms with van der Waals surface area (Å²) in [5.74, 6) is 0.00369. The minimum Gasteiger partial charge on any atom is -0.493 e. The van der Waals surface area contributed by atoms with Crippen molar-refractivity contribution < 1.29 is 23.9 Å². The molecule has 23 heavy (non-hydrogen) atoms. The maximum Gasteiger partial charge on any atom is 0.262 e. The lowest BCUT2D eigenvalue weighted by Gasteiger charge is -2.11. The number of hydrogen-bond acceptors (Lipinski definition) is 5. The minimum atomic E-state index is -0.389. The number of halogens is 1. The lowest BCUT2D eigenvalue weighted by atomic mass is 10.2. The van der Waals surface area contributed by atoms with Gasteiger partial charge in [0, 0.05) is 11.3 Å². The average Bonchev–Trinajstić information content (AvgIpc) is 2.56. The first-order valence-corrected chi connectivity index (χ1v) is 6.66. The molecule has 0 saturated carbocycles. The van der Waals surface area contributed by atoms with Gasteiger partial charge in [-0.1, -0.05) is 5.16 Å². The zero-order chi connectivity index (χ0) is 16.7. The van der Waals surface area contributed by atoms with E-state index in [2.05, 4.69) is 10.5 Å². The highest BCUT2D eigenvalue weighted by Crippen LogP contribution is 2.27. The predicted molar refractivity (Wildman–Crippen MR) is 82.9 cm³/mol. The standard InChI is InChI=1S/C16H15FN2O4/c1-22-15-8-11(9-18-21)2-7-14(15)23-10-16(20)19-13-5-3-12(17)4-6-13/h2-9,21H,10H2,1H3,(H,19,20). The van der Waals surface area contributed by atoms with Gasteiger partial charge in [-0.05, 0) is 42.5 Å². The molecule has 2 aromatic carbocycles. The van der Waals surface area contributed by atoms with Gasteiger partial charge in [-0.15, -0.1) is 0 Å². The van der Waals surface area contributed by atoms with Gasteiger partial charge in [0.2, 0.25) is 0 Å². The molecule has 6 nitrogen and oxygen atoms in total. The van der Waals surface area contributed by atoms with Gasteiger partial charge in [0.25, 0.3) is 5.91 Å². The van der Waals surface area contributed by atoms with Crippen molar-refractivity contribution in [3.63, 3.8) is 0 Å². The summed E-state index contributed by atoms with van der Waals surface area (Å²) in [6.07, 6.45) is 1.24. The molecule has 0 atom stereocenters. The van der Waals surface area contributed by atoms with Gasteiger partial charge < -0.3 is 20.0 Å². The largest absolute Gasteiger partial charge is 0.493 e. The van der Waals surface area contributed by atoms with Crippen molar-refractivity contribution in [2.45, 2.75) is 0 Å². The number of carbonyl (C=O) groups excluding carboxylic acids is 1. The summed E-state index contributed by atoms with van der Waals surface area (Å²) in [7, 11) is 1.46. The second-order valence-electron chi connectivity index (χ2n) is 4.50. The summed E-state index contributed by atoms with van der Waals surface area (Å²) in [6.45, 7) is -0.235. The number of hydrogen-bond donors (Lipinski definition) is 2. The van der Waals surface area contributed by atoms with E-state index < -0.39 is 0 Å². The smallest absolute Gasteiger partial charge is 0.262 e. The third kappa shape index (κ3) is 4.70. The van der Waals surface area contributed by atoms with Crippen LogP contribution in [0.2, 0.25) is 0 Å². The quantitative estimate of drug-likeness (QED) is 0.487. The SMILES string of the molecule is COc1cc(C=NO)ccc1OCC(=O)Nc1ccc(F)cc1. The number of ether oxygens (including phenoxy) is 2. The molecule has 0 fully saturated rings. The van der Waals surface area contributed by atoms with Crippen LogP contribution in [0.5, 0.6) is 11.5 Å². The first kappa shape index (κ1) is 16.3. The third-order valence-electron chi connectivity index (χ3n) is 2.88. The van der Waals surface area contributed by atoms with Crippen molar-refractivity contribution in [2.75, 3.05) is 19.0 Å². The molecule has 1 amide bonds. The Kier molecular flexibility index (Phi) is 5.51. The van der Waals surface area contributed by atoms with E-state index in [9.17, 15) is 9.18 Å². The molecular weight excluding hydrogens is 303 g/mol. The van der Waals surface area contributed by atoms with Gasteiger partial charge in [0.15, 0.2) is 18.1 Å². The summed E-state index contributed by atoms with van der Waals surface area (Å²) in [5.41, 5.74) is 1.09. The Balaban J connectivity index is 1.97. The van der Waals surface area contributed by atoms with Crippen molar-refractivity contribution >= 4 is 17.8 Å². The number of nitrogens with zero attached hydrogens (tertiary/aromatic N) is 1. The van der Waals surface area contributed by atoms with Crippen molar-refractivity contribution in [3.05, 3.63) is 53.8 Å². The highest BCUT2D eigenvalue weighted by molar-refractivity contribution is 5.91. The average molecular weight is 318 g/mol. The van der Waals surface area contributed by atoms with Crippen LogP contribution >= 0.6 is 0 Å². The summed E-state index contributed by atoms with van der Waals surface area (Å²) in [4.78, 5) is 11.8. The van der Waals surface area contributed by atoms with Gasteiger partial charge in [-0.25, -0.2) is 4.39 Å². The van der Waals surface area contributed by atoms with Gasteiger partial charge >= 0.3 is 0 Å². The number of amides is 1. The normalized spacial score (nSPS) is 10.5. The van der Waals surface area contributed by atoms with Crippen molar-refractivity contribution in [1.82, 2.24) is 0 Å². The fourth-order valence-electron chi connectivity index (χ4n) is 1.82. The maximum atomic E-state index is 12.8. The highest BCUT2D eigenvalue weighted by Gasteiger charge is 2.09. The Morgan fingerprint density at radius 3 is 2.65 bits per heavy atom. The number of nitrogens with one attached hydrogen (secondary N) is 1. The van der Waals surface area contributed by atoms with E-state index in [0.717, 1.165) is 0 Å². The van der Waals surface area contributed by atoms with E-state index in [1.807, 2.05) is 0 Å².